The molecule has 2 fully saturated rings. The quantitative estimate of drug-likeness (QED) is 0.617. The molecule has 3 N–H and O–H groups in total. The summed E-state index contributed by atoms with van der Waals surface area (Å²) in [6.07, 6.45) is 5.07. The van der Waals surface area contributed by atoms with Crippen molar-refractivity contribution in [1.82, 2.24) is 20.9 Å². The number of nitrogens with zero attached hydrogens (tertiary/aromatic N) is 1. The van der Waals surface area contributed by atoms with Gasteiger partial charge < -0.3 is 10.6 Å². The van der Waals surface area contributed by atoms with Crippen molar-refractivity contribution in [3.8, 4) is 0 Å². The number of carbonyl (C=O) groups excluding carboxylic acids is 2. The van der Waals surface area contributed by atoms with Gasteiger partial charge in [-0.2, -0.15) is 0 Å². The molecule has 2 aliphatic rings. The van der Waals surface area contributed by atoms with E-state index in [1.54, 1.807) is 6.08 Å². The molecular weight excluding hydrogens is 244 g/mol. The zero-order valence-corrected chi connectivity index (χ0v) is 11.2. The highest BCUT2D eigenvalue weighted by atomic mass is 16.2. The highest BCUT2D eigenvalue weighted by molar-refractivity contribution is 5.95. The summed E-state index contributed by atoms with van der Waals surface area (Å²) in [5.41, 5.74) is 0. The lowest BCUT2D eigenvalue weighted by molar-refractivity contribution is -0.121. The van der Waals surface area contributed by atoms with Crippen LogP contribution in [-0.2, 0) is 4.79 Å². The fourth-order valence-electron chi connectivity index (χ4n) is 2.74. The van der Waals surface area contributed by atoms with Crippen LogP contribution in [0, 0.1) is 0 Å². The van der Waals surface area contributed by atoms with Crippen molar-refractivity contribution < 1.29 is 9.59 Å². The largest absolute Gasteiger partial charge is 0.334 e. The van der Waals surface area contributed by atoms with Crippen LogP contribution in [0.15, 0.2) is 12.7 Å². The molecule has 19 heavy (non-hydrogen) atoms. The molecule has 0 aromatic rings. The summed E-state index contributed by atoms with van der Waals surface area (Å²) < 4.78 is 0. The number of amides is 3. The van der Waals surface area contributed by atoms with E-state index in [9.17, 15) is 9.59 Å². The van der Waals surface area contributed by atoms with Gasteiger partial charge in [-0.05, 0) is 19.3 Å². The second kappa shape index (κ2) is 6.68. The van der Waals surface area contributed by atoms with Crippen LogP contribution in [0.25, 0.3) is 0 Å². The van der Waals surface area contributed by atoms with Gasteiger partial charge in [-0.25, -0.2) is 4.79 Å². The predicted molar refractivity (Wildman–Crippen MR) is 72.7 cm³/mol. The molecule has 0 aromatic carbocycles. The number of imide groups is 1. The number of hydrogen-bond acceptors (Lipinski definition) is 4. The third kappa shape index (κ3) is 4.33. The van der Waals surface area contributed by atoms with Crippen LogP contribution in [0.1, 0.15) is 19.3 Å². The van der Waals surface area contributed by atoms with Crippen molar-refractivity contribution in [3.63, 3.8) is 0 Å². The van der Waals surface area contributed by atoms with E-state index in [-0.39, 0.29) is 12.5 Å². The monoisotopic (exact) mass is 266 g/mol. The van der Waals surface area contributed by atoms with E-state index in [2.05, 4.69) is 27.4 Å². The van der Waals surface area contributed by atoms with Gasteiger partial charge in [0.2, 0.25) is 5.91 Å². The fourth-order valence-corrected chi connectivity index (χ4v) is 2.74. The lowest BCUT2D eigenvalue weighted by atomic mass is 10.1. The maximum Gasteiger partial charge on any atom is 0.321 e. The molecule has 6 heteroatoms. The van der Waals surface area contributed by atoms with Crippen LogP contribution in [0.4, 0.5) is 4.79 Å². The zero-order valence-electron chi connectivity index (χ0n) is 11.2. The van der Waals surface area contributed by atoms with Crippen LogP contribution in [0.3, 0.4) is 0 Å². The first-order valence-electron chi connectivity index (χ1n) is 6.84. The first-order valence-corrected chi connectivity index (χ1v) is 6.84. The number of carbonyl (C=O) groups is 2. The van der Waals surface area contributed by atoms with Crippen molar-refractivity contribution in [2.24, 2.45) is 0 Å². The lowest BCUT2D eigenvalue weighted by Gasteiger charge is -2.23. The smallest absolute Gasteiger partial charge is 0.321 e. The number of nitrogens with one attached hydrogen (secondary N) is 3. The highest BCUT2D eigenvalue weighted by Gasteiger charge is 2.29. The summed E-state index contributed by atoms with van der Waals surface area (Å²) in [4.78, 5) is 25.2. The molecule has 0 aromatic heterocycles. The molecule has 2 saturated heterocycles. The maximum atomic E-state index is 11.7. The highest BCUT2D eigenvalue weighted by Crippen LogP contribution is 2.19. The van der Waals surface area contributed by atoms with E-state index in [1.807, 2.05) is 0 Å². The van der Waals surface area contributed by atoms with Gasteiger partial charge in [0.15, 0.2) is 0 Å². The Bertz CT molecular complexity index is 359. The average Bonchev–Trinajstić information content (AvgIpc) is 2.70. The number of rotatable bonds is 4. The SMILES string of the molecule is C=CCNC(=O)NC(=O)CN1CCC2CCC(C1)N2. The number of fused-ring (bicyclic) bond motifs is 2. The summed E-state index contributed by atoms with van der Waals surface area (Å²) >= 11 is 0. The normalized spacial score (nSPS) is 26.5. The number of hydrogen-bond donors (Lipinski definition) is 3. The molecule has 0 aliphatic carbocycles. The van der Waals surface area contributed by atoms with Crippen molar-refractivity contribution in [3.05, 3.63) is 12.7 Å². The zero-order chi connectivity index (χ0) is 13.7. The van der Waals surface area contributed by atoms with Gasteiger partial charge in [0, 0.05) is 31.7 Å². The van der Waals surface area contributed by atoms with Crippen molar-refractivity contribution >= 4 is 11.9 Å². The molecule has 0 radical (unpaired) electrons. The van der Waals surface area contributed by atoms with E-state index in [1.165, 1.54) is 12.8 Å². The van der Waals surface area contributed by atoms with E-state index >= 15 is 0 Å². The van der Waals surface area contributed by atoms with Gasteiger partial charge in [-0.3, -0.25) is 15.0 Å². The predicted octanol–water partition coefficient (Wildman–Crippen LogP) is -0.175. The lowest BCUT2D eigenvalue weighted by Crippen LogP contribution is -2.46. The third-order valence-electron chi connectivity index (χ3n) is 3.63. The van der Waals surface area contributed by atoms with E-state index in [0.717, 1.165) is 19.5 Å². The molecular formula is C13H22N4O2. The van der Waals surface area contributed by atoms with Gasteiger partial charge in [-0.1, -0.05) is 6.08 Å². The van der Waals surface area contributed by atoms with Crippen molar-refractivity contribution in [2.75, 3.05) is 26.2 Å². The van der Waals surface area contributed by atoms with Crippen molar-refractivity contribution in [1.29, 1.82) is 0 Å². The Morgan fingerprint density at radius 1 is 1.32 bits per heavy atom. The van der Waals surface area contributed by atoms with Gasteiger partial charge in [-0.15, -0.1) is 6.58 Å². The molecule has 6 nitrogen and oxygen atoms in total. The van der Waals surface area contributed by atoms with Crippen LogP contribution in [-0.4, -0.2) is 55.1 Å². The Hall–Kier alpha value is -1.40. The Balaban J connectivity index is 1.72. The Labute approximate surface area is 113 Å². The topological polar surface area (TPSA) is 73.5 Å². The Morgan fingerprint density at radius 3 is 2.89 bits per heavy atom. The first-order chi connectivity index (χ1) is 9.17. The van der Waals surface area contributed by atoms with E-state index in [4.69, 9.17) is 0 Å². The maximum absolute atomic E-state index is 11.7. The minimum Gasteiger partial charge on any atom is -0.334 e. The Morgan fingerprint density at radius 2 is 2.11 bits per heavy atom. The molecule has 106 valence electrons. The van der Waals surface area contributed by atoms with Crippen LogP contribution < -0.4 is 16.0 Å². The summed E-state index contributed by atoms with van der Waals surface area (Å²) in [6, 6.07) is 0.642. The minimum atomic E-state index is -0.459. The molecule has 2 rings (SSSR count). The molecule has 3 amide bonds. The molecule has 2 heterocycles. The number of urea groups is 1. The molecule has 2 aliphatic heterocycles. The molecule has 2 bridgehead atoms. The molecule has 0 saturated carbocycles. The van der Waals surface area contributed by atoms with Crippen molar-refractivity contribution in [2.45, 2.75) is 31.3 Å². The van der Waals surface area contributed by atoms with Gasteiger partial charge in [0.25, 0.3) is 0 Å². The summed E-state index contributed by atoms with van der Waals surface area (Å²) in [5, 5.41) is 8.41. The van der Waals surface area contributed by atoms with Gasteiger partial charge in [0.1, 0.15) is 0 Å². The van der Waals surface area contributed by atoms with Crippen LogP contribution >= 0.6 is 0 Å². The van der Waals surface area contributed by atoms with Crippen LogP contribution in [0.5, 0.6) is 0 Å². The molecule has 2 unspecified atom stereocenters. The Kier molecular flexibility index (Phi) is 4.93. The summed E-state index contributed by atoms with van der Waals surface area (Å²) in [6.45, 7) is 5.94. The first kappa shape index (κ1) is 14.0. The van der Waals surface area contributed by atoms with E-state index in [0.29, 0.717) is 18.6 Å². The average molecular weight is 266 g/mol. The third-order valence-corrected chi connectivity index (χ3v) is 3.63. The summed E-state index contributed by atoms with van der Waals surface area (Å²) in [7, 11) is 0. The minimum absolute atomic E-state index is 0.251. The van der Waals surface area contributed by atoms with Gasteiger partial charge in [0.05, 0.1) is 6.54 Å². The van der Waals surface area contributed by atoms with Crippen LogP contribution in [0.2, 0.25) is 0 Å². The second-order valence-electron chi connectivity index (χ2n) is 5.21. The summed E-state index contributed by atoms with van der Waals surface area (Å²) in [5.74, 6) is -0.251. The second-order valence-corrected chi connectivity index (χ2v) is 5.21. The number of likely N-dealkylation sites (tertiary alicyclic amines) is 1. The van der Waals surface area contributed by atoms with E-state index < -0.39 is 6.03 Å². The molecule has 0 spiro atoms. The fraction of sp³-hybridized carbons (Fsp3) is 0.692. The van der Waals surface area contributed by atoms with Gasteiger partial charge >= 0.3 is 6.03 Å². The standard InChI is InChI=1S/C13H22N4O2/c1-2-6-14-13(19)16-12(18)9-17-7-5-10-3-4-11(8-17)15-10/h2,10-11,15H,1,3-9H2,(H2,14,16,18,19). The molecule has 2 atom stereocenters.